The minimum absolute atomic E-state index is 0.00898. The number of amides is 2. The Labute approximate surface area is 82.6 Å². The van der Waals surface area contributed by atoms with Gasteiger partial charge in [0.05, 0.1) is 6.54 Å². The standard InChI is InChI=1S/C9H15N3O2/c13-8-5-10-7(4-11-8)9(14)12-6-2-1-3-6/h6-7,10H,1-5H2,(H,11,13)(H,12,14). The van der Waals surface area contributed by atoms with Gasteiger partial charge in [-0.3, -0.25) is 14.9 Å². The fourth-order valence-corrected chi connectivity index (χ4v) is 1.61. The molecule has 2 fully saturated rings. The van der Waals surface area contributed by atoms with Crippen LogP contribution in [-0.2, 0) is 9.59 Å². The van der Waals surface area contributed by atoms with Crippen molar-refractivity contribution in [3.05, 3.63) is 0 Å². The molecule has 5 nitrogen and oxygen atoms in total. The van der Waals surface area contributed by atoms with Crippen LogP contribution in [0, 0.1) is 0 Å². The summed E-state index contributed by atoms with van der Waals surface area (Å²) >= 11 is 0. The highest BCUT2D eigenvalue weighted by Gasteiger charge is 2.27. The van der Waals surface area contributed by atoms with Crippen LogP contribution in [0.2, 0.25) is 0 Å². The molecule has 0 aromatic carbocycles. The first kappa shape index (κ1) is 9.45. The third kappa shape index (κ3) is 2.04. The summed E-state index contributed by atoms with van der Waals surface area (Å²) in [4.78, 5) is 22.4. The highest BCUT2D eigenvalue weighted by Crippen LogP contribution is 2.17. The van der Waals surface area contributed by atoms with Crippen molar-refractivity contribution in [1.82, 2.24) is 16.0 Å². The molecule has 14 heavy (non-hydrogen) atoms. The van der Waals surface area contributed by atoms with E-state index in [2.05, 4.69) is 16.0 Å². The van der Waals surface area contributed by atoms with Gasteiger partial charge >= 0.3 is 0 Å². The van der Waals surface area contributed by atoms with Crippen LogP contribution >= 0.6 is 0 Å². The lowest BCUT2D eigenvalue weighted by Crippen LogP contribution is -2.59. The molecule has 5 heteroatoms. The predicted octanol–water partition coefficient (Wildman–Crippen LogP) is -1.26. The van der Waals surface area contributed by atoms with Gasteiger partial charge in [0, 0.05) is 12.6 Å². The third-order valence-corrected chi connectivity index (χ3v) is 2.78. The Morgan fingerprint density at radius 1 is 1.43 bits per heavy atom. The van der Waals surface area contributed by atoms with Crippen molar-refractivity contribution in [3.63, 3.8) is 0 Å². The molecule has 0 radical (unpaired) electrons. The minimum Gasteiger partial charge on any atom is -0.353 e. The van der Waals surface area contributed by atoms with E-state index in [9.17, 15) is 9.59 Å². The summed E-state index contributed by atoms with van der Waals surface area (Å²) in [7, 11) is 0. The Morgan fingerprint density at radius 3 is 2.71 bits per heavy atom. The molecule has 1 heterocycles. The quantitative estimate of drug-likeness (QED) is 0.517. The van der Waals surface area contributed by atoms with Crippen LogP contribution in [0.15, 0.2) is 0 Å². The van der Waals surface area contributed by atoms with E-state index in [0.717, 1.165) is 12.8 Å². The van der Waals surface area contributed by atoms with Gasteiger partial charge in [0.2, 0.25) is 11.8 Å². The number of rotatable bonds is 2. The van der Waals surface area contributed by atoms with Crippen LogP contribution < -0.4 is 16.0 Å². The van der Waals surface area contributed by atoms with E-state index >= 15 is 0 Å². The van der Waals surface area contributed by atoms with Gasteiger partial charge in [0.15, 0.2) is 0 Å². The van der Waals surface area contributed by atoms with Gasteiger partial charge in [-0.2, -0.15) is 0 Å². The fourth-order valence-electron chi connectivity index (χ4n) is 1.61. The number of carbonyl (C=O) groups excluding carboxylic acids is 2. The van der Waals surface area contributed by atoms with Gasteiger partial charge in [-0.1, -0.05) is 0 Å². The summed E-state index contributed by atoms with van der Waals surface area (Å²) in [6.45, 7) is 0.639. The van der Waals surface area contributed by atoms with Crippen molar-refractivity contribution in [2.75, 3.05) is 13.1 Å². The lowest BCUT2D eigenvalue weighted by molar-refractivity contribution is -0.127. The van der Waals surface area contributed by atoms with Gasteiger partial charge in [0.25, 0.3) is 0 Å². The zero-order chi connectivity index (χ0) is 9.97. The van der Waals surface area contributed by atoms with Crippen molar-refractivity contribution in [3.8, 4) is 0 Å². The average molecular weight is 197 g/mol. The topological polar surface area (TPSA) is 70.2 Å². The Bertz CT molecular complexity index is 240. The van der Waals surface area contributed by atoms with Crippen LogP contribution in [0.4, 0.5) is 0 Å². The molecule has 1 atom stereocenters. The molecule has 78 valence electrons. The molecular weight excluding hydrogens is 182 g/mol. The van der Waals surface area contributed by atoms with E-state index in [1.807, 2.05) is 0 Å². The Kier molecular flexibility index (Phi) is 2.67. The van der Waals surface area contributed by atoms with Crippen molar-refractivity contribution in [1.29, 1.82) is 0 Å². The van der Waals surface area contributed by atoms with E-state index in [1.54, 1.807) is 0 Å². The molecule has 0 aromatic heterocycles. The van der Waals surface area contributed by atoms with Gasteiger partial charge < -0.3 is 10.6 Å². The van der Waals surface area contributed by atoms with Crippen molar-refractivity contribution < 1.29 is 9.59 Å². The molecule has 0 spiro atoms. The Morgan fingerprint density at radius 2 is 2.21 bits per heavy atom. The molecule has 1 saturated carbocycles. The van der Waals surface area contributed by atoms with Gasteiger partial charge in [-0.05, 0) is 19.3 Å². The van der Waals surface area contributed by atoms with E-state index in [4.69, 9.17) is 0 Å². The minimum atomic E-state index is -0.256. The molecule has 2 amide bonds. The molecule has 3 N–H and O–H groups in total. The molecular formula is C9H15N3O2. The van der Waals surface area contributed by atoms with Gasteiger partial charge in [0.1, 0.15) is 6.04 Å². The van der Waals surface area contributed by atoms with Crippen LogP contribution in [0.5, 0.6) is 0 Å². The highest BCUT2D eigenvalue weighted by atomic mass is 16.2. The summed E-state index contributed by atoms with van der Waals surface area (Å²) in [5.74, 6) is -0.0348. The summed E-state index contributed by atoms with van der Waals surface area (Å²) in [6, 6.07) is 0.107. The second-order valence-electron chi connectivity index (χ2n) is 3.87. The van der Waals surface area contributed by atoms with E-state index in [1.165, 1.54) is 6.42 Å². The van der Waals surface area contributed by atoms with Gasteiger partial charge in [-0.15, -0.1) is 0 Å². The maximum absolute atomic E-state index is 11.6. The maximum Gasteiger partial charge on any atom is 0.239 e. The van der Waals surface area contributed by atoms with Crippen molar-refractivity contribution in [2.45, 2.75) is 31.3 Å². The Balaban J connectivity index is 1.76. The second-order valence-corrected chi connectivity index (χ2v) is 3.87. The number of hydrogen-bond donors (Lipinski definition) is 3. The third-order valence-electron chi connectivity index (χ3n) is 2.78. The largest absolute Gasteiger partial charge is 0.353 e. The normalized spacial score (nSPS) is 27.7. The first-order chi connectivity index (χ1) is 6.75. The van der Waals surface area contributed by atoms with Crippen LogP contribution in [0.1, 0.15) is 19.3 Å². The molecule has 2 aliphatic rings. The van der Waals surface area contributed by atoms with Gasteiger partial charge in [-0.25, -0.2) is 0 Å². The SMILES string of the molecule is O=C1CNC(C(=O)NC2CCC2)CN1. The zero-order valence-electron chi connectivity index (χ0n) is 8.01. The van der Waals surface area contributed by atoms with Crippen molar-refractivity contribution in [2.24, 2.45) is 0 Å². The van der Waals surface area contributed by atoms with Crippen LogP contribution in [-0.4, -0.2) is 37.0 Å². The molecule has 1 aliphatic carbocycles. The zero-order valence-corrected chi connectivity index (χ0v) is 8.01. The molecule has 1 saturated heterocycles. The monoisotopic (exact) mass is 197 g/mol. The van der Waals surface area contributed by atoms with Crippen molar-refractivity contribution >= 4 is 11.8 Å². The highest BCUT2D eigenvalue weighted by molar-refractivity contribution is 5.86. The first-order valence-corrected chi connectivity index (χ1v) is 5.06. The summed E-state index contributed by atoms with van der Waals surface area (Å²) in [5, 5.41) is 8.51. The second kappa shape index (κ2) is 3.96. The predicted molar refractivity (Wildman–Crippen MR) is 50.6 cm³/mol. The Hall–Kier alpha value is -1.10. The lowest BCUT2D eigenvalue weighted by atomic mass is 9.93. The van der Waals surface area contributed by atoms with E-state index < -0.39 is 0 Å². The molecule has 1 unspecified atom stereocenters. The lowest BCUT2D eigenvalue weighted by Gasteiger charge is -2.30. The summed E-state index contributed by atoms with van der Waals surface area (Å²) in [6.07, 6.45) is 3.38. The number of carbonyl (C=O) groups is 2. The number of hydrogen-bond acceptors (Lipinski definition) is 3. The molecule has 0 bridgehead atoms. The molecule has 2 rings (SSSR count). The summed E-state index contributed by atoms with van der Waals surface area (Å²) < 4.78 is 0. The van der Waals surface area contributed by atoms with E-state index in [-0.39, 0.29) is 24.4 Å². The number of piperazine rings is 1. The van der Waals surface area contributed by atoms with Crippen LogP contribution in [0.3, 0.4) is 0 Å². The smallest absolute Gasteiger partial charge is 0.239 e. The first-order valence-electron chi connectivity index (χ1n) is 5.06. The molecule has 1 aliphatic heterocycles. The average Bonchev–Trinajstić information content (AvgIpc) is 2.12. The fraction of sp³-hybridized carbons (Fsp3) is 0.778. The maximum atomic E-state index is 11.6. The number of nitrogens with one attached hydrogen (secondary N) is 3. The summed E-state index contributed by atoms with van der Waals surface area (Å²) in [5.41, 5.74) is 0. The van der Waals surface area contributed by atoms with Crippen LogP contribution in [0.25, 0.3) is 0 Å². The van der Waals surface area contributed by atoms with E-state index in [0.29, 0.717) is 12.6 Å². The molecule has 0 aromatic rings.